The molecule has 0 radical (unpaired) electrons. The Morgan fingerprint density at radius 1 is 1.53 bits per heavy atom. The number of carbonyl (C=O) groups is 1. The summed E-state index contributed by atoms with van der Waals surface area (Å²) in [6, 6.07) is 5.20. The van der Waals surface area contributed by atoms with Crippen molar-refractivity contribution in [2.24, 2.45) is 0 Å². The van der Waals surface area contributed by atoms with Crippen molar-refractivity contribution in [3.8, 4) is 5.75 Å². The lowest BCUT2D eigenvalue weighted by atomic mass is 10.3. The number of methoxy groups -OCH3 is 1. The molecule has 80 valence electrons. The molecule has 15 heavy (non-hydrogen) atoms. The number of anilines is 1. The smallest absolute Gasteiger partial charge is 0.321 e. The van der Waals surface area contributed by atoms with Gasteiger partial charge in [0.05, 0.1) is 12.1 Å². The van der Waals surface area contributed by atoms with Crippen LogP contribution in [0.15, 0.2) is 18.2 Å². The van der Waals surface area contributed by atoms with Crippen LogP contribution < -0.4 is 15.0 Å². The Hall–Kier alpha value is -1.42. The van der Waals surface area contributed by atoms with Gasteiger partial charge in [0, 0.05) is 24.8 Å². The van der Waals surface area contributed by atoms with Crippen molar-refractivity contribution < 1.29 is 9.53 Å². The quantitative estimate of drug-likeness (QED) is 0.837. The molecule has 1 fully saturated rings. The van der Waals surface area contributed by atoms with Gasteiger partial charge in [-0.1, -0.05) is 11.6 Å². The van der Waals surface area contributed by atoms with Gasteiger partial charge in [0.15, 0.2) is 0 Å². The molecule has 2 amide bonds. The van der Waals surface area contributed by atoms with Crippen LogP contribution in [0, 0.1) is 0 Å². The maximum Gasteiger partial charge on any atom is 0.321 e. The van der Waals surface area contributed by atoms with Crippen LogP contribution in [0.1, 0.15) is 0 Å². The summed E-state index contributed by atoms with van der Waals surface area (Å²) in [6.45, 7) is 1.34. The van der Waals surface area contributed by atoms with Gasteiger partial charge < -0.3 is 10.1 Å². The van der Waals surface area contributed by atoms with E-state index in [4.69, 9.17) is 16.3 Å². The predicted octanol–water partition coefficient (Wildman–Crippen LogP) is 1.88. The first-order valence-electron chi connectivity index (χ1n) is 4.61. The molecular weight excluding hydrogens is 216 g/mol. The van der Waals surface area contributed by atoms with Gasteiger partial charge in [-0.15, -0.1) is 0 Å². The molecule has 0 aliphatic carbocycles. The predicted molar refractivity (Wildman–Crippen MR) is 58.7 cm³/mol. The summed E-state index contributed by atoms with van der Waals surface area (Å²) in [5.74, 6) is 0.578. The van der Waals surface area contributed by atoms with E-state index in [0.29, 0.717) is 23.9 Å². The number of nitrogens with zero attached hydrogens (tertiary/aromatic N) is 1. The number of hydrogen-bond acceptors (Lipinski definition) is 2. The highest BCUT2D eigenvalue weighted by molar-refractivity contribution is 6.32. The molecule has 0 bridgehead atoms. The summed E-state index contributed by atoms with van der Waals surface area (Å²) >= 11 is 5.90. The molecule has 5 heteroatoms. The summed E-state index contributed by atoms with van der Waals surface area (Å²) in [4.78, 5) is 13.1. The van der Waals surface area contributed by atoms with E-state index in [1.807, 2.05) is 0 Å². The molecule has 1 aromatic carbocycles. The van der Waals surface area contributed by atoms with Crippen LogP contribution in [0.25, 0.3) is 0 Å². The number of halogens is 1. The third kappa shape index (κ3) is 1.85. The SMILES string of the molecule is COc1cc(N2CCNC2=O)ccc1Cl. The minimum Gasteiger partial charge on any atom is -0.495 e. The Bertz CT molecular complexity index is 395. The fourth-order valence-electron chi connectivity index (χ4n) is 1.53. The first-order valence-corrected chi connectivity index (χ1v) is 4.99. The number of amides is 2. The van der Waals surface area contributed by atoms with Crippen molar-refractivity contribution in [2.45, 2.75) is 0 Å². The molecule has 2 rings (SSSR count). The van der Waals surface area contributed by atoms with Gasteiger partial charge in [-0.3, -0.25) is 4.90 Å². The van der Waals surface area contributed by atoms with Gasteiger partial charge in [0.2, 0.25) is 0 Å². The summed E-state index contributed by atoms with van der Waals surface area (Å²) in [5, 5.41) is 3.28. The first kappa shape index (κ1) is 10.1. The van der Waals surface area contributed by atoms with Crippen molar-refractivity contribution in [1.82, 2.24) is 5.32 Å². The monoisotopic (exact) mass is 226 g/mol. The van der Waals surface area contributed by atoms with Gasteiger partial charge in [-0.2, -0.15) is 0 Å². The highest BCUT2D eigenvalue weighted by atomic mass is 35.5. The van der Waals surface area contributed by atoms with Crippen LogP contribution in [-0.4, -0.2) is 26.2 Å². The molecule has 0 aromatic heterocycles. The number of carbonyl (C=O) groups excluding carboxylic acids is 1. The fraction of sp³-hybridized carbons (Fsp3) is 0.300. The highest BCUT2D eigenvalue weighted by Gasteiger charge is 2.21. The highest BCUT2D eigenvalue weighted by Crippen LogP contribution is 2.29. The molecular formula is C10H11ClN2O2. The topological polar surface area (TPSA) is 41.6 Å². The largest absolute Gasteiger partial charge is 0.495 e. The van der Waals surface area contributed by atoms with E-state index in [-0.39, 0.29) is 6.03 Å². The summed E-state index contributed by atoms with van der Waals surface area (Å²) in [7, 11) is 1.55. The van der Waals surface area contributed by atoms with E-state index in [1.165, 1.54) is 0 Å². The minimum absolute atomic E-state index is 0.0839. The third-order valence-electron chi connectivity index (χ3n) is 2.30. The minimum atomic E-state index is -0.0839. The van der Waals surface area contributed by atoms with Crippen LogP contribution in [-0.2, 0) is 0 Å². The molecule has 0 atom stereocenters. The van der Waals surface area contributed by atoms with Gasteiger partial charge >= 0.3 is 6.03 Å². The summed E-state index contributed by atoms with van der Waals surface area (Å²) < 4.78 is 5.09. The van der Waals surface area contributed by atoms with E-state index >= 15 is 0 Å². The zero-order valence-corrected chi connectivity index (χ0v) is 9.04. The molecule has 1 heterocycles. The number of ether oxygens (including phenoxy) is 1. The molecule has 1 aliphatic rings. The van der Waals surface area contributed by atoms with Crippen LogP contribution in [0.4, 0.5) is 10.5 Å². The van der Waals surface area contributed by atoms with Gasteiger partial charge in [0.1, 0.15) is 5.75 Å². The van der Waals surface area contributed by atoms with Crippen molar-refractivity contribution in [2.75, 3.05) is 25.1 Å². The van der Waals surface area contributed by atoms with Crippen molar-refractivity contribution >= 4 is 23.3 Å². The van der Waals surface area contributed by atoms with Gasteiger partial charge in [0.25, 0.3) is 0 Å². The maximum absolute atomic E-state index is 11.4. The molecule has 0 saturated carbocycles. The molecule has 1 aromatic rings. The second-order valence-corrected chi connectivity index (χ2v) is 3.61. The van der Waals surface area contributed by atoms with E-state index in [0.717, 1.165) is 5.69 Å². The van der Waals surface area contributed by atoms with E-state index < -0.39 is 0 Å². The maximum atomic E-state index is 11.4. The average molecular weight is 227 g/mol. The zero-order valence-electron chi connectivity index (χ0n) is 8.29. The van der Waals surface area contributed by atoms with Crippen LogP contribution in [0.5, 0.6) is 5.75 Å². The number of rotatable bonds is 2. The summed E-state index contributed by atoms with van der Waals surface area (Å²) in [5.41, 5.74) is 0.797. The van der Waals surface area contributed by atoms with Gasteiger partial charge in [-0.25, -0.2) is 4.79 Å². The number of urea groups is 1. The Kier molecular flexibility index (Phi) is 2.68. The summed E-state index contributed by atoms with van der Waals surface area (Å²) in [6.07, 6.45) is 0. The Balaban J connectivity index is 2.32. The first-order chi connectivity index (χ1) is 7.22. The molecule has 1 aliphatic heterocycles. The van der Waals surface area contributed by atoms with Crippen LogP contribution >= 0.6 is 11.6 Å². The lowest BCUT2D eigenvalue weighted by Crippen LogP contribution is -2.27. The van der Waals surface area contributed by atoms with Crippen molar-refractivity contribution in [3.63, 3.8) is 0 Å². The Morgan fingerprint density at radius 2 is 2.33 bits per heavy atom. The van der Waals surface area contributed by atoms with E-state index in [9.17, 15) is 4.79 Å². The molecule has 0 spiro atoms. The van der Waals surface area contributed by atoms with Crippen LogP contribution in [0.3, 0.4) is 0 Å². The molecule has 1 N–H and O–H groups in total. The average Bonchev–Trinajstić information content (AvgIpc) is 2.65. The number of nitrogens with one attached hydrogen (secondary N) is 1. The van der Waals surface area contributed by atoms with E-state index in [2.05, 4.69) is 5.32 Å². The second-order valence-electron chi connectivity index (χ2n) is 3.20. The van der Waals surface area contributed by atoms with Crippen molar-refractivity contribution in [3.05, 3.63) is 23.2 Å². The normalized spacial score (nSPS) is 15.3. The number of benzene rings is 1. The lowest BCUT2D eigenvalue weighted by molar-refractivity contribution is 0.252. The fourth-order valence-corrected chi connectivity index (χ4v) is 1.73. The second kappa shape index (κ2) is 3.98. The van der Waals surface area contributed by atoms with Gasteiger partial charge in [-0.05, 0) is 12.1 Å². The standard InChI is InChI=1S/C10H11ClN2O2/c1-15-9-6-7(2-3-8(9)11)13-5-4-12-10(13)14/h2-3,6H,4-5H2,1H3,(H,12,14). The Labute approximate surface area is 92.8 Å². The van der Waals surface area contributed by atoms with Crippen LogP contribution in [0.2, 0.25) is 5.02 Å². The molecule has 4 nitrogen and oxygen atoms in total. The lowest BCUT2D eigenvalue weighted by Gasteiger charge is -2.15. The van der Waals surface area contributed by atoms with E-state index in [1.54, 1.807) is 30.2 Å². The molecule has 1 saturated heterocycles. The zero-order chi connectivity index (χ0) is 10.8. The third-order valence-corrected chi connectivity index (χ3v) is 2.62. The van der Waals surface area contributed by atoms with Crippen molar-refractivity contribution in [1.29, 1.82) is 0 Å². The molecule has 0 unspecified atom stereocenters. The number of hydrogen-bond donors (Lipinski definition) is 1. The Morgan fingerprint density at radius 3 is 2.93 bits per heavy atom.